The smallest absolute Gasteiger partial charge is 0.235 e. The Labute approximate surface area is 190 Å². The zero-order chi connectivity index (χ0) is 21.6. The number of hydrogen-bond acceptors (Lipinski definition) is 4. The Balaban J connectivity index is 1.35. The number of carbonyl (C=O) groups excluding carboxylic acids is 2. The summed E-state index contributed by atoms with van der Waals surface area (Å²) in [5.41, 5.74) is 5.81. The monoisotopic (exact) mass is 436 g/mol. The Bertz CT molecular complexity index is 1200. The second-order valence-electron chi connectivity index (χ2n) is 9.25. The number of rotatable bonds is 1. The lowest BCUT2D eigenvalue weighted by atomic mass is 9.55. The third kappa shape index (κ3) is 2.14. The van der Waals surface area contributed by atoms with Crippen LogP contribution in [0.1, 0.15) is 46.9 Å². The molecule has 4 nitrogen and oxygen atoms in total. The molecule has 32 heavy (non-hydrogen) atoms. The molecule has 4 aliphatic carbocycles. The number of allylic oxidation sites excluding steroid dienone is 3. The molecule has 2 amide bonds. The van der Waals surface area contributed by atoms with Crippen LogP contribution in [0.4, 0.5) is 0 Å². The van der Waals surface area contributed by atoms with Crippen LogP contribution >= 0.6 is 11.8 Å². The normalized spacial score (nSPS) is 33.7. The fraction of sp³-hybridized carbons (Fsp3) is 0.296. The van der Waals surface area contributed by atoms with Crippen molar-refractivity contribution in [3.63, 3.8) is 0 Å². The Kier molecular flexibility index (Phi) is 3.73. The van der Waals surface area contributed by atoms with Gasteiger partial charge in [-0.05, 0) is 45.6 Å². The molecule has 1 saturated heterocycles. The maximum Gasteiger partial charge on any atom is 0.235 e. The second kappa shape index (κ2) is 6.46. The molecule has 0 aromatic heterocycles. The van der Waals surface area contributed by atoms with E-state index in [4.69, 9.17) is 0 Å². The quantitative estimate of drug-likeness (QED) is 0.480. The van der Waals surface area contributed by atoms with Crippen LogP contribution in [0.5, 0.6) is 0 Å². The Morgan fingerprint density at radius 1 is 0.812 bits per heavy atom. The first-order chi connectivity index (χ1) is 15.7. The fourth-order valence-electron chi connectivity index (χ4n) is 6.75. The summed E-state index contributed by atoms with van der Waals surface area (Å²) in [5, 5.41) is 9.55. The molecule has 2 bridgehead atoms. The van der Waals surface area contributed by atoms with Crippen LogP contribution in [0.25, 0.3) is 0 Å². The summed E-state index contributed by atoms with van der Waals surface area (Å²) in [5.74, 6) is -1.57. The summed E-state index contributed by atoms with van der Waals surface area (Å²) in [6.07, 6.45) is 5.73. The van der Waals surface area contributed by atoms with Gasteiger partial charge in [0, 0.05) is 11.8 Å². The lowest BCUT2D eigenvalue weighted by Gasteiger charge is -2.45. The molecule has 2 aromatic carbocycles. The fourth-order valence-corrected chi connectivity index (χ4v) is 8.27. The number of amides is 2. The van der Waals surface area contributed by atoms with Gasteiger partial charge in [-0.2, -0.15) is 5.26 Å². The maximum atomic E-state index is 14.0. The number of imide groups is 1. The second-order valence-corrected chi connectivity index (χ2v) is 10.5. The number of thioether (sulfide) groups is 1. The molecular formula is C27H20N2O2S. The van der Waals surface area contributed by atoms with Crippen molar-refractivity contribution in [2.75, 3.05) is 0 Å². The van der Waals surface area contributed by atoms with Gasteiger partial charge >= 0.3 is 0 Å². The lowest BCUT2D eigenvalue weighted by molar-refractivity contribution is -0.141. The van der Waals surface area contributed by atoms with Gasteiger partial charge in [0.05, 0.1) is 23.8 Å². The number of carbonyl (C=O) groups is 2. The highest BCUT2D eigenvalue weighted by Gasteiger charge is 2.63. The van der Waals surface area contributed by atoms with E-state index < -0.39 is 11.3 Å². The van der Waals surface area contributed by atoms with E-state index in [-0.39, 0.29) is 35.5 Å². The standard InChI is InChI=1S/C27H20N2O2S/c28-13-19-14-7-5-6-12-20(14)32-27(19)29-25(30)23-21-15-8-1-2-9-16(15)22(24(23)26(29)31)18-11-4-3-10-17(18)21/h1-6,8-11,19,21-24,27H,7,12H2. The van der Waals surface area contributed by atoms with Gasteiger partial charge in [-0.25, -0.2) is 0 Å². The molecule has 2 heterocycles. The minimum atomic E-state index is -0.443. The van der Waals surface area contributed by atoms with Gasteiger partial charge in [-0.1, -0.05) is 60.7 Å². The summed E-state index contributed by atoms with van der Waals surface area (Å²) in [6, 6.07) is 19.0. The van der Waals surface area contributed by atoms with E-state index in [1.165, 1.54) is 27.2 Å². The van der Waals surface area contributed by atoms with Gasteiger partial charge in [0.15, 0.2) is 0 Å². The van der Waals surface area contributed by atoms with Crippen molar-refractivity contribution in [3.05, 3.63) is 93.4 Å². The minimum absolute atomic E-state index is 0.0930. The van der Waals surface area contributed by atoms with E-state index in [1.54, 1.807) is 11.8 Å². The van der Waals surface area contributed by atoms with Crippen molar-refractivity contribution < 1.29 is 9.59 Å². The molecule has 0 saturated carbocycles. The van der Waals surface area contributed by atoms with Crippen molar-refractivity contribution >= 4 is 23.6 Å². The Morgan fingerprint density at radius 3 is 1.81 bits per heavy atom. The summed E-state index contributed by atoms with van der Waals surface area (Å²) < 4.78 is 0. The van der Waals surface area contributed by atoms with Gasteiger partial charge in [-0.15, -0.1) is 11.8 Å². The summed E-state index contributed by atoms with van der Waals surface area (Å²) >= 11 is 1.56. The highest BCUT2D eigenvalue weighted by Crippen LogP contribution is 2.62. The third-order valence-corrected chi connectivity index (χ3v) is 9.40. The molecule has 0 radical (unpaired) electrons. The Morgan fingerprint density at radius 2 is 1.31 bits per heavy atom. The van der Waals surface area contributed by atoms with E-state index in [2.05, 4.69) is 42.5 Å². The molecule has 5 heteroatoms. The van der Waals surface area contributed by atoms with E-state index in [0.29, 0.717) is 0 Å². The molecular weight excluding hydrogens is 416 g/mol. The lowest BCUT2D eigenvalue weighted by Crippen LogP contribution is -2.42. The van der Waals surface area contributed by atoms with Gasteiger partial charge in [-0.3, -0.25) is 14.5 Å². The molecule has 156 valence electrons. The molecule has 0 spiro atoms. The predicted octanol–water partition coefficient (Wildman–Crippen LogP) is 4.70. The molecule has 1 fully saturated rings. The van der Waals surface area contributed by atoms with E-state index in [9.17, 15) is 14.9 Å². The number of hydrogen-bond donors (Lipinski definition) is 0. The highest BCUT2D eigenvalue weighted by molar-refractivity contribution is 8.04. The van der Waals surface area contributed by atoms with Crippen molar-refractivity contribution in [3.8, 4) is 6.07 Å². The molecule has 4 atom stereocenters. The van der Waals surface area contributed by atoms with Crippen molar-refractivity contribution in [2.45, 2.75) is 30.1 Å². The molecule has 2 aliphatic heterocycles. The Hall–Kier alpha value is -3.10. The average Bonchev–Trinajstić information content (AvgIpc) is 3.33. The predicted molar refractivity (Wildman–Crippen MR) is 121 cm³/mol. The first-order valence-corrected chi connectivity index (χ1v) is 12.1. The molecule has 8 rings (SSSR count). The van der Waals surface area contributed by atoms with Crippen LogP contribution in [0.2, 0.25) is 0 Å². The largest absolute Gasteiger partial charge is 0.274 e. The van der Waals surface area contributed by atoms with Crippen LogP contribution in [0, 0.1) is 29.1 Å². The summed E-state index contributed by atoms with van der Waals surface area (Å²) in [7, 11) is 0. The van der Waals surface area contributed by atoms with Crippen molar-refractivity contribution in [2.24, 2.45) is 17.8 Å². The highest BCUT2D eigenvalue weighted by atomic mass is 32.2. The SMILES string of the molecule is N#CC1C2=C(CC=CC2)SC1N1C(=O)C2C3c4ccccc4C(c4ccccc43)C2C1=O. The van der Waals surface area contributed by atoms with Crippen LogP contribution in [0.3, 0.4) is 0 Å². The van der Waals surface area contributed by atoms with Gasteiger partial charge in [0.25, 0.3) is 0 Å². The van der Waals surface area contributed by atoms with Crippen molar-refractivity contribution in [1.29, 1.82) is 5.26 Å². The number of likely N-dealkylation sites (tertiary alicyclic amines) is 1. The molecule has 0 N–H and O–H groups in total. The topological polar surface area (TPSA) is 61.2 Å². The first kappa shape index (κ1) is 18.5. The maximum absolute atomic E-state index is 14.0. The zero-order valence-corrected chi connectivity index (χ0v) is 18.1. The number of nitriles is 1. The average molecular weight is 437 g/mol. The zero-order valence-electron chi connectivity index (χ0n) is 17.3. The van der Waals surface area contributed by atoms with Crippen LogP contribution in [-0.4, -0.2) is 22.1 Å². The van der Waals surface area contributed by atoms with E-state index >= 15 is 0 Å². The van der Waals surface area contributed by atoms with Crippen molar-refractivity contribution in [1.82, 2.24) is 4.90 Å². The number of nitrogens with zero attached hydrogens (tertiary/aromatic N) is 2. The molecule has 6 aliphatic rings. The minimum Gasteiger partial charge on any atom is -0.274 e. The van der Waals surface area contributed by atoms with Crippen LogP contribution in [0.15, 0.2) is 71.2 Å². The van der Waals surface area contributed by atoms with Crippen LogP contribution in [-0.2, 0) is 9.59 Å². The molecule has 4 unspecified atom stereocenters. The van der Waals surface area contributed by atoms with Crippen LogP contribution < -0.4 is 0 Å². The number of benzene rings is 2. The van der Waals surface area contributed by atoms with Gasteiger partial charge in [0.1, 0.15) is 5.37 Å². The summed E-state index contributed by atoms with van der Waals surface area (Å²) in [6.45, 7) is 0. The first-order valence-electron chi connectivity index (χ1n) is 11.2. The van der Waals surface area contributed by atoms with E-state index in [0.717, 1.165) is 23.3 Å². The van der Waals surface area contributed by atoms with Gasteiger partial charge < -0.3 is 0 Å². The van der Waals surface area contributed by atoms with Gasteiger partial charge in [0.2, 0.25) is 11.8 Å². The van der Waals surface area contributed by atoms with E-state index in [1.807, 2.05) is 24.3 Å². The molecule has 2 aromatic rings. The third-order valence-electron chi connectivity index (χ3n) is 7.97. The summed E-state index contributed by atoms with van der Waals surface area (Å²) in [4.78, 5) is 30.6.